The first-order chi connectivity index (χ1) is 20.7. The van der Waals surface area contributed by atoms with Crippen LogP contribution in [0.2, 0.25) is 0 Å². The zero-order chi connectivity index (χ0) is 32.5. The molecule has 1 aliphatic rings. The summed E-state index contributed by atoms with van der Waals surface area (Å²) in [5.41, 5.74) is -1.55. The van der Waals surface area contributed by atoms with Gasteiger partial charge in [-0.1, -0.05) is 0 Å². The second-order valence-electron chi connectivity index (χ2n) is 9.33. The van der Waals surface area contributed by atoms with Crippen molar-refractivity contribution < 1.29 is 84.4 Å². The van der Waals surface area contributed by atoms with E-state index in [1.807, 2.05) is 0 Å². The number of rotatable bonds is 7. The Morgan fingerprint density at radius 3 is 1.68 bits per heavy atom. The number of aliphatic hydroxyl groups excluding tert-OH is 1. The summed E-state index contributed by atoms with van der Waals surface area (Å²) in [5, 5.41) is 98.0. The molecule has 234 valence electrons. The van der Waals surface area contributed by atoms with Gasteiger partial charge in [0.25, 0.3) is 0 Å². The maximum Gasteiger partial charge on any atom is 0.342 e. The molecule has 1 aliphatic heterocycles. The summed E-state index contributed by atoms with van der Waals surface area (Å²) in [5.74, 6) is -11.9. The molecule has 4 rings (SSSR count). The quantitative estimate of drug-likeness (QED) is 0.0971. The molecular weight excluding hydrogens is 596 g/mol. The highest BCUT2D eigenvalue weighted by molar-refractivity contribution is 5.94. The van der Waals surface area contributed by atoms with Crippen molar-refractivity contribution >= 4 is 17.9 Å². The van der Waals surface area contributed by atoms with Crippen LogP contribution >= 0.6 is 0 Å². The monoisotopic (exact) mass is 620 g/mol. The van der Waals surface area contributed by atoms with E-state index in [0.29, 0.717) is 0 Å². The van der Waals surface area contributed by atoms with E-state index < -0.39 is 124 Å². The van der Waals surface area contributed by atoms with Crippen molar-refractivity contribution in [2.24, 2.45) is 0 Å². The maximum atomic E-state index is 12.9. The highest BCUT2D eigenvalue weighted by atomic mass is 16.6. The molecule has 0 unspecified atom stereocenters. The molecule has 44 heavy (non-hydrogen) atoms. The second-order valence-corrected chi connectivity index (χ2v) is 9.33. The number of carbonyl (C=O) groups is 3. The summed E-state index contributed by atoms with van der Waals surface area (Å²) in [7, 11) is 0. The minimum Gasteiger partial charge on any atom is -0.504 e. The van der Waals surface area contributed by atoms with Gasteiger partial charge in [0.2, 0.25) is 5.75 Å². The summed E-state index contributed by atoms with van der Waals surface area (Å²) in [6.45, 7) is -1.37. The molecule has 0 aromatic heterocycles. The van der Waals surface area contributed by atoms with Crippen LogP contribution in [-0.2, 0) is 18.9 Å². The molecule has 0 bridgehead atoms. The van der Waals surface area contributed by atoms with Crippen molar-refractivity contribution in [3.8, 4) is 51.7 Å². The standard InChI is InChI=1S/C27H24O17/c28-12-2-1-11(19(33)22(12)36)27(40)42-8-18-24(44-26(39)10-5-15(31)21(35)16(32)6-10)23(37)17(7-41-18)43-25(38)9-3-13(29)20(34)14(30)4-9/h1-6,17-18,23-24,28-37H,7-8H2/t17-,18+,23+,24+/m0/s1. The van der Waals surface area contributed by atoms with Crippen LogP contribution in [0.1, 0.15) is 31.1 Å². The Hall–Kier alpha value is -5.81. The number of ether oxygens (including phenoxy) is 4. The number of hydrogen-bond donors (Lipinski definition) is 10. The van der Waals surface area contributed by atoms with Crippen LogP contribution in [-0.4, -0.2) is 107 Å². The van der Waals surface area contributed by atoms with Crippen LogP contribution < -0.4 is 0 Å². The van der Waals surface area contributed by atoms with Crippen LogP contribution in [0.4, 0.5) is 0 Å². The number of aromatic hydroxyl groups is 9. The third kappa shape index (κ3) is 6.18. The summed E-state index contributed by atoms with van der Waals surface area (Å²) >= 11 is 0. The van der Waals surface area contributed by atoms with Crippen molar-refractivity contribution in [1.82, 2.24) is 0 Å². The number of phenols is 9. The minimum absolute atomic E-state index is 0.457. The molecule has 1 heterocycles. The molecule has 0 radical (unpaired) electrons. The average molecular weight is 620 g/mol. The number of aliphatic hydroxyl groups is 1. The normalized spacial score (nSPS) is 19.6. The SMILES string of the molecule is O=C(O[C@H]1[C@H](O)[C@@H](OC(=O)c2cc(O)c(O)c(O)c2)CO[C@@H]1COC(=O)c1ccc(O)c(O)c1O)c1cc(O)c(O)c(O)c1. The number of phenolic OH excluding ortho intramolecular Hbond substituents is 9. The first-order valence-corrected chi connectivity index (χ1v) is 12.3. The van der Waals surface area contributed by atoms with Gasteiger partial charge in [0.1, 0.15) is 24.4 Å². The average Bonchev–Trinajstić information content (AvgIpc) is 2.98. The van der Waals surface area contributed by atoms with Gasteiger partial charge in [0.05, 0.1) is 17.7 Å². The van der Waals surface area contributed by atoms with Crippen molar-refractivity contribution in [3.63, 3.8) is 0 Å². The van der Waals surface area contributed by atoms with Crippen molar-refractivity contribution in [2.75, 3.05) is 13.2 Å². The number of benzene rings is 3. The van der Waals surface area contributed by atoms with Crippen LogP contribution in [0.3, 0.4) is 0 Å². The van der Waals surface area contributed by atoms with E-state index in [0.717, 1.165) is 36.4 Å². The van der Waals surface area contributed by atoms with Crippen molar-refractivity contribution in [3.05, 3.63) is 53.1 Å². The highest BCUT2D eigenvalue weighted by Gasteiger charge is 2.45. The minimum atomic E-state index is -1.91. The number of carbonyl (C=O) groups excluding carboxylic acids is 3. The van der Waals surface area contributed by atoms with Gasteiger partial charge in [-0.25, -0.2) is 14.4 Å². The Bertz CT molecular complexity index is 1570. The molecule has 3 aromatic rings. The van der Waals surface area contributed by atoms with Crippen LogP contribution in [0.25, 0.3) is 0 Å². The molecular formula is C27H24O17. The number of hydrogen-bond acceptors (Lipinski definition) is 17. The molecule has 1 fully saturated rings. The van der Waals surface area contributed by atoms with Gasteiger partial charge in [0.15, 0.2) is 58.2 Å². The van der Waals surface area contributed by atoms with Gasteiger partial charge < -0.3 is 70.0 Å². The van der Waals surface area contributed by atoms with E-state index in [4.69, 9.17) is 18.9 Å². The fraction of sp³-hybridized carbons (Fsp3) is 0.222. The van der Waals surface area contributed by atoms with Crippen LogP contribution in [0.5, 0.6) is 51.7 Å². The first kappa shape index (κ1) is 31.1. The molecule has 0 amide bonds. The van der Waals surface area contributed by atoms with Gasteiger partial charge in [-0.05, 0) is 36.4 Å². The van der Waals surface area contributed by atoms with E-state index in [2.05, 4.69) is 0 Å². The Morgan fingerprint density at radius 2 is 1.16 bits per heavy atom. The summed E-state index contributed by atoms with van der Waals surface area (Å²) in [4.78, 5) is 38.1. The predicted octanol–water partition coefficient (Wildman–Crippen LogP) is 0.405. The Morgan fingerprint density at radius 1 is 0.659 bits per heavy atom. The third-order valence-corrected chi connectivity index (χ3v) is 6.40. The van der Waals surface area contributed by atoms with Gasteiger partial charge in [-0.3, -0.25) is 0 Å². The molecule has 0 saturated carbocycles. The first-order valence-electron chi connectivity index (χ1n) is 12.3. The smallest absolute Gasteiger partial charge is 0.342 e. The molecule has 0 aliphatic carbocycles. The lowest BCUT2D eigenvalue weighted by Crippen LogP contribution is -2.57. The molecule has 10 N–H and O–H groups in total. The van der Waals surface area contributed by atoms with Crippen molar-refractivity contribution in [2.45, 2.75) is 24.4 Å². The van der Waals surface area contributed by atoms with E-state index in [1.165, 1.54) is 0 Å². The molecule has 3 aromatic carbocycles. The lowest BCUT2D eigenvalue weighted by Gasteiger charge is -2.38. The van der Waals surface area contributed by atoms with Gasteiger partial charge in [-0.2, -0.15) is 0 Å². The topological polar surface area (TPSA) is 290 Å². The van der Waals surface area contributed by atoms with E-state index in [9.17, 15) is 65.4 Å². The van der Waals surface area contributed by atoms with Gasteiger partial charge in [-0.15, -0.1) is 0 Å². The molecule has 4 atom stereocenters. The lowest BCUT2D eigenvalue weighted by atomic mass is 9.99. The van der Waals surface area contributed by atoms with Crippen LogP contribution in [0, 0.1) is 0 Å². The summed E-state index contributed by atoms with van der Waals surface area (Å²) in [6, 6.07) is 4.79. The molecule has 1 saturated heterocycles. The fourth-order valence-corrected chi connectivity index (χ4v) is 4.05. The largest absolute Gasteiger partial charge is 0.504 e. The van der Waals surface area contributed by atoms with Crippen molar-refractivity contribution in [1.29, 1.82) is 0 Å². The van der Waals surface area contributed by atoms with E-state index >= 15 is 0 Å². The highest BCUT2D eigenvalue weighted by Crippen LogP contribution is 2.39. The summed E-state index contributed by atoms with van der Waals surface area (Å²) < 4.78 is 21.0. The zero-order valence-electron chi connectivity index (χ0n) is 22.0. The van der Waals surface area contributed by atoms with Crippen LogP contribution in [0.15, 0.2) is 36.4 Å². The molecule has 17 nitrogen and oxygen atoms in total. The predicted molar refractivity (Wildman–Crippen MR) is 139 cm³/mol. The zero-order valence-corrected chi connectivity index (χ0v) is 22.0. The summed E-state index contributed by atoms with van der Waals surface area (Å²) in [6.07, 6.45) is -6.79. The molecule has 0 spiro atoms. The Labute approximate surface area is 245 Å². The van der Waals surface area contributed by atoms with Gasteiger partial charge >= 0.3 is 17.9 Å². The van der Waals surface area contributed by atoms with E-state index in [-0.39, 0.29) is 0 Å². The third-order valence-electron chi connectivity index (χ3n) is 6.40. The molecule has 17 heteroatoms. The Kier molecular flexibility index (Phi) is 8.63. The second kappa shape index (κ2) is 12.2. The van der Waals surface area contributed by atoms with E-state index in [1.54, 1.807) is 0 Å². The maximum absolute atomic E-state index is 12.9. The lowest BCUT2D eigenvalue weighted by molar-refractivity contribution is -0.196. The fourth-order valence-electron chi connectivity index (χ4n) is 4.05. The Balaban J connectivity index is 1.56. The van der Waals surface area contributed by atoms with Gasteiger partial charge in [0, 0.05) is 0 Å². The number of esters is 3.